The minimum atomic E-state index is -0.147. The minimum Gasteiger partial charge on any atom is -0.454 e. The van der Waals surface area contributed by atoms with Gasteiger partial charge in [0.2, 0.25) is 12.7 Å². The van der Waals surface area contributed by atoms with Crippen LogP contribution in [0, 0.1) is 0 Å². The highest BCUT2D eigenvalue weighted by Gasteiger charge is 2.15. The third kappa shape index (κ3) is 5.49. The Morgan fingerprint density at radius 3 is 2.67 bits per heavy atom. The van der Waals surface area contributed by atoms with E-state index in [0.717, 1.165) is 29.8 Å². The molecule has 0 aromatic heterocycles. The van der Waals surface area contributed by atoms with Gasteiger partial charge < -0.3 is 19.7 Å². The lowest BCUT2D eigenvalue weighted by Crippen LogP contribution is -2.29. The van der Waals surface area contributed by atoms with E-state index in [1.807, 2.05) is 56.6 Å². The molecule has 2 aromatic carbocycles. The van der Waals surface area contributed by atoms with E-state index in [-0.39, 0.29) is 18.7 Å². The van der Waals surface area contributed by atoms with Crippen molar-refractivity contribution in [1.82, 2.24) is 10.2 Å². The van der Waals surface area contributed by atoms with Crippen LogP contribution in [0.2, 0.25) is 5.02 Å². The molecule has 6 heteroatoms. The predicted molar refractivity (Wildman–Crippen MR) is 107 cm³/mol. The number of benzene rings is 2. The largest absolute Gasteiger partial charge is 0.454 e. The van der Waals surface area contributed by atoms with Crippen LogP contribution in [0.15, 0.2) is 48.5 Å². The fourth-order valence-corrected chi connectivity index (χ4v) is 2.94. The van der Waals surface area contributed by atoms with E-state index in [1.165, 1.54) is 6.08 Å². The summed E-state index contributed by atoms with van der Waals surface area (Å²) in [4.78, 5) is 14.5. The molecule has 0 fully saturated rings. The van der Waals surface area contributed by atoms with Crippen LogP contribution < -0.4 is 14.8 Å². The molecule has 0 saturated heterocycles. The van der Waals surface area contributed by atoms with Gasteiger partial charge in [-0.2, -0.15) is 0 Å². The fourth-order valence-electron chi connectivity index (χ4n) is 2.81. The number of halogens is 1. The number of nitrogens with zero attached hydrogens (tertiary/aromatic N) is 1. The van der Waals surface area contributed by atoms with Gasteiger partial charge in [-0.15, -0.1) is 0 Å². The number of amides is 1. The Bertz CT molecular complexity index is 819. The lowest BCUT2D eigenvalue weighted by Gasteiger charge is -2.20. The number of fused-ring (bicyclic) bond motifs is 1. The van der Waals surface area contributed by atoms with Gasteiger partial charge in [0.25, 0.3) is 0 Å². The lowest BCUT2D eigenvalue weighted by molar-refractivity contribution is -0.117. The smallest absolute Gasteiger partial charge is 0.244 e. The Balaban J connectivity index is 1.66. The number of hydrogen-bond acceptors (Lipinski definition) is 4. The molecule has 0 radical (unpaired) electrons. The molecule has 0 saturated carbocycles. The zero-order valence-electron chi connectivity index (χ0n) is 15.4. The third-order valence-corrected chi connectivity index (χ3v) is 4.53. The lowest BCUT2D eigenvalue weighted by atomic mass is 10.0. The summed E-state index contributed by atoms with van der Waals surface area (Å²) in [5, 5.41) is 3.76. The molecule has 1 amide bonds. The van der Waals surface area contributed by atoms with Gasteiger partial charge in [-0.25, -0.2) is 0 Å². The van der Waals surface area contributed by atoms with Crippen molar-refractivity contribution in [2.75, 3.05) is 27.4 Å². The standard InChI is InChI=1S/C21H23ClN2O3/c1-24(2)12-11-18(16-5-7-17(22)8-6-16)23-21(25)10-4-15-3-9-19-20(13-15)27-14-26-19/h3-10,13,18H,11-12,14H2,1-2H3,(H,23,25)/b10-4+. The van der Waals surface area contributed by atoms with Crippen LogP contribution in [0.4, 0.5) is 0 Å². The number of carbonyl (C=O) groups is 1. The van der Waals surface area contributed by atoms with Crippen LogP contribution >= 0.6 is 11.6 Å². The highest BCUT2D eigenvalue weighted by molar-refractivity contribution is 6.30. The number of rotatable bonds is 7. The second kappa shape index (κ2) is 8.93. The van der Waals surface area contributed by atoms with Crippen molar-refractivity contribution in [2.24, 2.45) is 0 Å². The monoisotopic (exact) mass is 386 g/mol. The van der Waals surface area contributed by atoms with Crippen molar-refractivity contribution in [3.63, 3.8) is 0 Å². The summed E-state index contributed by atoms with van der Waals surface area (Å²) in [7, 11) is 4.03. The van der Waals surface area contributed by atoms with Gasteiger partial charge >= 0.3 is 0 Å². The van der Waals surface area contributed by atoms with Crippen LogP contribution in [0.1, 0.15) is 23.6 Å². The summed E-state index contributed by atoms with van der Waals surface area (Å²) in [5.41, 5.74) is 1.91. The third-order valence-electron chi connectivity index (χ3n) is 4.28. The Labute approximate surface area is 164 Å². The molecule has 3 rings (SSSR count). The van der Waals surface area contributed by atoms with Crippen molar-refractivity contribution in [3.8, 4) is 11.5 Å². The maximum absolute atomic E-state index is 12.5. The molecule has 1 unspecified atom stereocenters. The molecule has 2 aromatic rings. The first-order valence-electron chi connectivity index (χ1n) is 8.80. The average Bonchev–Trinajstić information content (AvgIpc) is 3.12. The zero-order chi connectivity index (χ0) is 19.2. The molecular weight excluding hydrogens is 364 g/mol. The van der Waals surface area contributed by atoms with Crippen LogP contribution in [-0.4, -0.2) is 38.2 Å². The second-order valence-electron chi connectivity index (χ2n) is 6.65. The Hall–Kier alpha value is -2.50. The molecule has 1 N–H and O–H groups in total. The fraction of sp³-hybridized carbons (Fsp3) is 0.286. The van der Waals surface area contributed by atoms with Gasteiger partial charge in [0.05, 0.1) is 6.04 Å². The van der Waals surface area contributed by atoms with E-state index in [9.17, 15) is 4.79 Å². The molecule has 1 aliphatic rings. The number of hydrogen-bond donors (Lipinski definition) is 1. The van der Waals surface area contributed by atoms with Crippen LogP contribution in [0.5, 0.6) is 11.5 Å². The molecule has 1 aliphatic heterocycles. The summed E-state index contributed by atoms with van der Waals surface area (Å²) in [5.74, 6) is 1.28. The Morgan fingerprint density at radius 2 is 1.93 bits per heavy atom. The summed E-state index contributed by atoms with van der Waals surface area (Å²) < 4.78 is 10.7. The van der Waals surface area contributed by atoms with Crippen molar-refractivity contribution in [2.45, 2.75) is 12.5 Å². The van der Waals surface area contributed by atoms with Gasteiger partial charge in [0.15, 0.2) is 11.5 Å². The molecule has 142 valence electrons. The molecule has 0 bridgehead atoms. The highest BCUT2D eigenvalue weighted by atomic mass is 35.5. The molecule has 27 heavy (non-hydrogen) atoms. The predicted octanol–water partition coefficient (Wildman–Crippen LogP) is 3.89. The van der Waals surface area contributed by atoms with E-state index >= 15 is 0 Å². The summed E-state index contributed by atoms with van der Waals surface area (Å²) in [6.45, 7) is 1.09. The van der Waals surface area contributed by atoms with Gasteiger partial charge in [0.1, 0.15) is 0 Å². The number of carbonyl (C=O) groups excluding carboxylic acids is 1. The Kier molecular flexibility index (Phi) is 6.37. The van der Waals surface area contributed by atoms with Gasteiger partial charge in [-0.1, -0.05) is 29.8 Å². The van der Waals surface area contributed by atoms with Crippen molar-refractivity contribution in [1.29, 1.82) is 0 Å². The first kappa shape index (κ1) is 19.3. The van der Waals surface area contributed by atoms with Gasteiger partial charge in [0, 0.05) is 11.1 Å². The van der Waals surface area contributed by atoms with Crippen LogP contribution in [-0.2, 0) is 4.79 Å². The summed E-state index contributed by atoms with van der Waals surface area (Å²) in [6, 6.07) is 13.1. The van der Waals surface area contributed by atoms with Crippen LogP contribution in [0.3, 0.4) is 0 Å². The van der Waals surface area contributed by atoms with Crippen molar-refractivity contribution < 1.29 is 14.3 Å². The van der Waals surface area contributed by atoms with E-state index in [0.29, 0.717) is 10.8 Å². The van der Waals surface area contributed by atoms with Crippen molar-refractivity contribution in [3.05, 3.63) is 64.7 Å². The second-order valence-corrected chi connectivity index (χ2v) is 7.09. The molecular formula is C21H23ClN2O3. The molecule has 1 heterocycles. The van der Waals surface area contributed by atoms with E-state index < -0.39 is 0 Å². The molecule has 0 spiro atoms. The number of nitrogens with one attached hydrogen (secondary N) is 1. The average molecular weight is 387 g/mol. The first-order chi connectivity index (χ1) is 13.0. The quantitative estimate of drug-likeness (QED) is 0.733. The Morgan fingerprint density at radius 1 is 1.19 bits per heavy atom. The van der Waals surface area contributed by atoms with Crippen molar-refractivity contribution >= 4 is 23.6 Å². The molecule has 5 nitrogen and oxygen atoms in total. The summed E-state index contributed by atoms with van der Waals surface area (Å²) >= 11 is 5.98. The van der Waals surface area contributed by atoms with Gasteiger partial charge in [-0.05, 0) is 68.5 Å². The SMILES string of the molecule is CN(C)CCC(NC(=O)/C=C/c1ccc2c(c1)OCO2)c1ccc(Cl)cc1. The maximum atomic E-state index is 12.5. The molecule has 1 atom stereocenters. The highest BCUT2D eigenvalue weighted by Crippen LogP contribution is 2.32. The maximum Gasteiger partial charge on any atom is 0.244 e. The van der Waals surface area contributed by atoms with Crippen LogP contribution in [0.25, 0.3) is 6.08 Å². The topological polar surface area (TPSA) is 50.8 Å². The molecule has 0 aliphatic carbocycles. The van der Waals surface area contributed by atoms with E-state index in [1.54, 1.807) is 6.08 Å². The minimum absolute atomic E-state index is 0.0847. The zero-order valence-corrected chi connectivity index (χ0v) is 16.2. The van der Waals surface area contributed by atoms with E-state index in [2.05, 4.69) is 10.2 Å². The van der Waals surface area contributed by atoms with E-state index in [4.69, 9.17) is 21.1 Å². The number of ether oxygens (including phenoxy) is 2. The van der Waals surface area contributed by atoms with Gasteiger partial charge in [-0.3, -0.25) is 4.79 Å². The summed E-state index contributed by atoms with van der Waals surface area (Å²) in [6.07, 6.45) is 4.11. The first-order valence-corrected chi connectivity index (χ1v) is 9.17. The normalized spacial score (nSPS) is 13.9.